The summed E-state index contributed by atoms with van der Waals surface area (Å²) < 4.78 is 82.6. The molecule has 0 saturated carbocycles. The number of halogens is 2. The molecular weight excluding hydrogens is 420 g/mol. The van der Waals surface area contributed by atoms with E-state index in [9.17, 15) is 30.4 Å². The molecule has 28 heavy (non-hydrogen) atoms. The van der Waals surface area contributed by atoms with E-state index in [0.29, 0.717) is 25.3 Å². The van der Waals surface area contributed by atoms with Crippen molar-refractivity contribution in [3.63, 3.8) is 0 Å². The summed E-state index contributed by atoms with van der Waals surface area (Å²) in [6, 6.07) is 2.12. The summed E-state index contributed by atoms with van der Waals surface area (Å²) in [6.45, 7) is 0.773. The highest BCUT2D eigenvalue weighted by Gasteiger charge is 2.24. The standard InChI is InChI=1S/C15H21F2N3O6S2/c16-13-2-1-12(11-14(13)17)28(24,25)19-4-3-15(21)18-5-10-27(22,23)20-6-8-26-9-7-20/h1-2,11,19H,3-10H2,(H,18,21). The van der Waals surface area contributed by atoms with E-state index >= 15 is 0 Å². The summed E-state index contributed by atoms with van der Waals surface area (Å²) in [6.07, 6.45) is -0.249. The molecule has 1 aromatic rings. The number of rotatable bonds is 9. The van der Waals surface area contributed by atoms with Gasteiger partial charge in [-0.1, -0.05) is 0 Å². The van der Waals surface area contributed by atoms with Crippen molar-refractivity contribution >= 4 is 26.0 Å². The van der Waals surface area contributed by atoms with E-state index < -0.39 is 42.5 Å². The molecule has 1 aromatic carbocycles. The van der Waals surface area contributed by atoms with E-state index in [2.05, 4.69) is 10.0 Å². The first-order chi connectivity index (χ1) is 13.1. The highest BCUT2D eigenvalue weighted by Crippen LogP contribution is 2.13. The van der Waals surface area contributed by atoms with Gasteiger partial charge in [0.25, 0.3) is 0 Å². The van der Waals surface area contributed by atoms with Crippen LogP contribution in [-0.4, -0.2) is 72.2 Å². The number of amides is 1. The number of ether oxygens (including phenoxy) is 1. The first kappa shape index (κ1) is 22.6. The Morgan fingerprint density at radius 2 is 1.75 bits per heavy atom. The van der Waals surface area contributed by atoms with Crippen molar-refractivity contribution in [3.8, 4) is 0 Å². The predicted molar refractivity (Wildman–Crippen MR) is 95.4 cm³/mol. The Hall–Kier alpha value is -1.67. The van der Waals surface area contributed by atoms with Crippen molar-refractivity contribution in [2.75, 3.05) is 45.1 Å². The number of carbonyl (C=O) groups is 1. The van der Waals surface area contributed by atoms with Gasteiger partial charge < -0.3 is 10.1 Å². The minimum Gasteiger partial charge on any atom is -0.379 e. The van der Waals surface area contributed by atoms with Crippen LogP contribution in [0.2, 0.25) is 0 Å². The predicted octanol–water partition coefficient (Wildman–Crippen LogP) is -0.589. The molecule has 158 valence electrons. The Morgan fingerprint density at radius 3 is 2.39 bits per heavy atom. The SMILES string of the molecule is O=C(CCNS(=O)(=O)c1ccc(F)c(F)c1)NCCS(=O)(=O)N1CCOCC1. The van der Waals surface area contributed by atoms with Gasteiger partial charge in [0.15, 0.2) is 11.6 Å². The van der Waals surface area contributed by atoms with Crippen molar-refractivity contribution in [1.29, 1.82) is 0 Å². The fourth-order valence-corrected chi connectivity index (χ4v) is 4.75. The van der Waals surface area contributed by atoms with Crippen molar-refractivity contribution in [3.05, 3.63) is 29.8 Å². The molecule has 13 heteroatoms. The molecule has 1 heterocycles. The normalized spacial score (nSPS) is 16.1. The van der Waals surface area contributed by atoms with Crippen molar-refractivity contribution in [2.45, 2.75) is 11.3 Å². The smallest absolute Gasteiger partial charge is 0.240 e. The number of nitrogens with one attached hydrogen (secondary N) is 2. The third-order valence-electron chi connectivity index (χ3n) is 3.89. The summed E-state index contributed by atoms with van der Waals surface area (Å²) >= 11 is 0. The zero-order valence-corrected chi connectivity index (χ0v) is 16.5. The number of carbonyl (C=O) groups excluding carboxylic acids is 1. The first-order valence-corrected chi connectivity index (χ1v) is 11.5. The number of hydrogen-bond acceptors (Lipinski definition) is 6. The summed E-state index contributed by atoms with van der Waals surface area (Å²) in [5, 5.41) is 2.40. The lowest BCUT2D eigenvalue weighted by atomic mass is 10.3. The summed E-state index contributed by atoms with van der Waals surface area (Å²) in [4.78, 5) is 11.3. The molecule has 0 aromatic heterocycles. The van der Waals surface area contributed by atoms with E-state index in [0.717, 1.165) is 6.07 Å². The van der Waals surface area contributed by atoms with Gasteiger partial charge in [-0.15, -0.1) is 0 Å². The van der Waals surface area contributed by atoms with Gasteiger partial charge in [-0.2, -0.15) is 4.31 Å². The second-order valence-corrected chi connectivity index (χ2v) is 9.76. The van der Waals surface area contributed by atoms with Crippen molar-refractivity contribution < 1.29 is 35.1 Å². The zero-order valence-electron chi connectivity index (χ0n) is 14.9. The molecule has 1 saturated heterocycles. The summed E-state index contributed by atoms with van der Waals surface area (Å²) in [7, 11) is -7.61. The van der Waals surface area contributed by atoms with Gasteiger partial charge in [0.2, 0.25) is 26.0 Å². The highest BCUT2D eigenvalue weighted by atomic mass is 32.2. The second kappa shape index (κ2) is 9.69. The lowest BCUT2D eigenvalue weighted by Crippen LogP contribution is -2.44. The van der Waals surface area contributed by atoms with Gasteiger partial charge in [-0.05, 0) is 18.2 Å². The Kier molecular flexibility index (Phi) is 7.83. The van der Waals surface area contributed by atoms with Crippen LogP contribution in [0.1, 0.15) is 6.42 Å². The number of hydrogen-bond donors (Lipinski definition) is 2. The molecule has 0 spiro atoms. The van der Waals surface area contributed by atoms with E-state index in [1.807, 2.05) is 0 Å². The van der Waals surface area contributed by atoms with Crippen LogP contribution >= 0.6 is 0 Å². The Morgan fingerprint density at radius 1 is 1.07 bits per heavy atom. The second-order valence-electron chi connectivity index (χ2n) is 5.90. The molecule has 2 rings (SSSR count). The summed E-state index contributed by atoms with van der Waals surface area (Å²) in [5.41, 5.74) is 0. The van der Waals surface area contributed by atoms with E-state index in [1.54, 1.807) is 0 Å². The van der Waals surface area contributed by atoms with Gasteiger partial charge in [0.1, 0.15) is 0 Å². The van der Waals surface area contributed by atoms with Crippen molar-refractivity contribution in [2.24, 2.45) is 0 Å². The number of nitrogens with zero attached hydrogens (tertiary/aromatic N) is 1. The molecule has 2 N–H and O–H groups in total. The van der Waals surface area contributed by atoms with Gasteiger partial charge >= 0.3 is 0 Å². The largest absolute Gasteiger partial charge is 0.379 e. The van der Waals surface area contributed by atoms with E-state index in [-0.39, 0.29) is 38.4 Å². The molecule has 1 amide bonds. The lowest BCUT2D eigenvalue weighted by Gasteiger charge is -2.26. The van der Waals surface area contributed by atoms with E-state index in [1.165, 1.54) is 4.31 Å². The molecule has 0 unspecified atom stereocenters. The van der Waals surface area contributed by atoms with Gasteiger partial charge in [0, 0.05) is 32.6 Å². The Bertz CT molecular complexity index is 902. The average molecular weight is 441 g/mol. The minimum absolute atomic E-state index is 0.117. The number of sulfonamides is 2. The first-order valence-electron chi connectivity index (χ1n) is 8.39. The average Bonchev–Trinajstić information content (AvgIpc) is 2.64. The molecule has 0 atom stereocenters. The maximum atomic E-state index is 13.1. The highest BCUT2D eigenvalue weighted by molar-refractivity contribution is 7.89. The molecule has 0 radical (unpaired) electrons. The monoisotopic (exact) mass is 441 g/mol. The molecule has 9 nitrogen and oxygen atoms in total. The van der Waals surface area contributed by atoms with Crippen LogP contribution in [0, 0.1) is 11.6 Å². The van der Waals surface area contributed by atoms with E-state index in [4.69, 9.17) is 4.74 Å². The van der Waals surface area contributed by atoms with Gasteiger partial charge in [0.05, 0.1) is 23.9 Å². The Labute approximate surface area is 162 Å². The van der Waals surface area contributed by atoms with Crippen LogP contribution in [0.4, 0.5) is 8.78 Å². The molecular formula is C15H21F2N3O6S2. The maximum Gasteiger partial charge on any atom is 0.240 e. The van der Waals surface area contributed by atoms with Crippen LogP contribution in [0.3, 0.4) is 0 Å². The third kappa shape index (κ3) is 6.44. The van der Waals surface area contributed by atoms with Crippen LogP contribution in [0.5, 0.6) is 0 Å². The maximum absolute atomic E-state index is 13.1. The lowest BCUT2D eigenvalue weighted by molar-refractivity contribution is -0.120. The number of benzene rings is 1. The topological polar surface area (TPSA) is 122 Å². The fourth-order valence-electron chi connectivity index (χ4n) is 2.39. The molecule has 0 aliphatic carbocycles. The van der Waals surface area contributed by atoms with Crippen molar-refractivity contribution in [1.82, 2.24) is 14.3 Å². The summed E-state index contributed by atoms with van der Waals surface area (Å²) in [5.74, 6) is -3.31. The van der Waals surface area contributed by atoms with Crippen LogP contribution in [0.15, 0.2) is 23.1 Å². The molecule has 0 bridgehead atoms. The zero-order chi connectivity index (χ0) is 20.8. The van der Waals surface area contributed by atoms with Crippen LogP contribution in [0.25, 0.3) is 0 Å². The quantitative estimate of drug-likeness (QED) is 0.528. The fraction of sp³-hybridized carbons (Fsp3) is 0.533. The van der Waals surface area contributed by atoms with Gasteiger partial charge in [-0.3, -0.25) is 4.79 Å². The molecule has 1 aliphatic rings. The third-order valence-corrected chi connectivity index (χ3v) is 7.22. The minimum atomic E-state index is -4.10. The molecule has 1 aliphatic heterocycles. The number of morpholine rings is 1. The Balaban J connectivity index is 1.74. The van der Waals surface area contributed by atoms with Gasteiger partial charge in [-0.25, -0.2) is 30.3 Å². The van der Waals surface area contributed by atoms with Crippen LogP contribution in [-0.2, 0) is 29.6 Å². The van der Waals surface area contributed by atoms with Crippen LogP contribution < -0.4 is 10.0 Å². The molecule has 1 fully saturated rings.